The Morgan fingerprint density at radius 1 is 1.05 bits per heavy atom. The molecule has 0 bridgehead atoms. The highest BCUT2D eigenvalue weighted by Crippen LogP contribution is 2.24. The number of ether oxygens (including phenoxy) is 1. The van der Waals surface area contributed by atoms with E-state index in [4.69, 9.17) is 0 Å². The minimum Gasteiger partial charge on any atom is -0.404 e. The van der Waals surface area contributed by atoms with Crippen LogP contribution in [-0.4, -0.2) is 11.3 Å². The van der Waals surface area contributed by atoms with E-state index in [-0.39, 0.29) is 5.75 Å². The third kappa shape index (κ3) is 3.96. The van der Waals surface area contributed by atoms with Gasteiger partial charge in [-0.2, -0.15) is 0 Å². The lowest BCUT2D eigenvalue weighted by atomic mass is 10.1. The number of hydrogen-bond donors (Lipinski definition) is 0. The third-order valence-electron chi connectivity index (χ3n) is 2.37. The molecular weight excluding hydrogens is 323 g/mol. The molecule has 1 aromatic heterocycles. The van der Waals surface area contributed by atoms with Crippen LogP contribution in [0.15, 0.2) is 42.6 Å². The van der Waals surface area contributed by atoms with Crippen LogP contribution in [0, 0.1) is 0 Å². The maximum atomic E-state index is 12.0. The van der Waals surface area contributed by atoms with E-state index in [2.05, 4.69) is 25.7 Å². The van der Waals surface area contributed by atoms with E-state index < -0.39 is 6.36 Å². The Bertz CT molecular complexity index is 537. The van der Waals surface area contributed by atoms with Gasteiger partial charge in [-0.25, -0.2) is 0 Å². The lowest BCUT2D eigenvalue weighted by Gasteiger charge is -2.08. The van der Waals surface area contributed by atoms with Crippen molar-refractivity contribution in [1.29, 1.82) is 0 Å². The number of nitrogens with zero attached hydrogens (tertiary/aromatic N) is 1. The average Bonchev–Trinajstić information content (AvgIpc) is 2.38. The lowest BCUT2D eigenvalue weighted by molar-refractivity contribution is -0.274. The zero-order valence-electron chi connectivity index (χ0n) is 9.62. The molecule has 0 atom stereocenters. The van der Waals surface area contributed by atoms with Crippen molar-refractivity contribution in [2.24, 2.45) is 0 Å². The standard InChI is InChI=1S/C13H9BrF3NO/c14-7-9-1-3-10(4-2-9)12-6-5-11(8-18-12)19-13(15,16)17/h1-6,8H,7H2. The molecule has 2 rings (SSSR count). The highest BCUT2D eigenvalue weighted by atomic mass is 79.9. The summed E-state index contributed by atoms with van der Waals surface area (Å²) in [5.41, 5.74) is 2.54. The molecule has 6 heteroatoms. The molecular formula is C13H9BrF3NO. The molecule has 2 aromatic rings. The number of benzene rings is 1. The maximum Gasteiger partial charge on any atom is 0.573 e. The lowest BCUT2D eigenvalue weighted by Crippen LogP contribution is -2.17. The second-order valence-corrected chi connectivity index (χ2v) is 4.32. The van der Waals surface area contributed by atoms with Gasteiger partial charge < -0.3 is 4.74 Å². The summed E-state index contributed by atoms with van der Waals surface area (Å²) < 4.78 is 39.7. The maximum absolute atomic E-state index is 12.0. The first-order chi connectivity index (χ1) is 8.98. The van der Waals surface area contributed by atoms with Crippen LogP contribution >= 0.6 is 15.9 Å². The molecule has 0 amide bonds. The zero-order valence-corrected chi connectivity index (χ0v) is 11.2. The molecule has 0 saturated carbocycles. The summed E-state index contributed by atoms with van der Waals surface area (Å²) in [6, 6.07) is 10.3. The van der Waals surface area contributed by atoms with Crippen molar-refractivity contribution in [2.45, 2.75) is 11.7 Å². The molecule has 0 aliphatic carbocycles. The van der Waals surface area contributed by atoms with Crippen LogP contribution in [0.3, 0.4) is 0 Å². The molecule has 0 spiro atoms. The van der Waals surface area contributed by atoms with E-state index in [1.807, 2.05) is 24.3 Å². The van der Waals surface area contributed by atoms with Gasteiger partial charge >= 0.3 is 6.36 Å². The SMILES string of the molecule is FC(F)(F)Oc1ccc(-c2ccc(CBr)cc2)nc1. The first kappa shape index (κ1) is 13.9. The monoisotopic (exact) mass is 331 g/mol. The molecule has 0 fully saturated rings. The van der Waals surface area contributed by atoms with E-state index in [9.17, 15) is 13.2 Å². The van der Waals surface area contributed by atoms with Gasteiger partial charge in [-0.05, 0) is 17.7 Å². The van der Waals surface area contributed by atoms with E-state index in [1.165, 1.54) is 12.1 Å². The number of aromatic nitrogens is 1. The van der Waals surface area contributed by atoms with E-state index in [1.54, 1.807) is 0 Å². The molecule has 0 saturated heterocycles. The normalized spacial score (nSPS) is 11.4. The third-order valence-corrected chi connectivity index (χ3v) is 3.02. The van der Waals surface area contributed by atoms with Crippen LogP contribution in [0.4, 0.5) is 13.2 Å². The van der Waals surface area contributed by atoms with Gasteiger partial charge in [0.15, 0.2) is 0 Å². The molecule has 0 radical (unpaired) electrons. The predicted molar refractivity (Wildman–Crippen MR) is 69.0 cm³/mol. The van der Waals surface area contributed by atoms with Crippen LogP contribution in [0.5, 0.6) is 5.75 Å². The molecule has 0 aliphatic heterocycles. The molecule has 0 aliphatic rings. The van der Waals surface area contributed by atoms with E-state index in [0.29, 0.717) is 5.69 Å². The number of pyridine rings is 1. The van der Waals surface area contributed by atoms with Gasteiger partial charge in [0.25, 0.3) is 0 Å². The summed E-state index contributed by atoms with van der Waals surface area (Å²) in [5.74, 6) is -0.326. The van der Waals surface area contributed by atoms with Gasteiger partial charge in [-0.15, -0.1) is 13.2 Å². The van der Waals surface area contributed by atoms with Gasteiger partial charge in [0, 0.05) is 10.9 Å². The van der Waals surface area contributed by atoms with Crippen LogP contribution < -0.4 is 4.74 Å². The summed E-state index contributed by atoms with van der Waals surface area (Å²) >= 11 is 3.34. The molecule has 0 N–H and O–H groups in total. The fraction of sp³-hybridized carbons (Fsp3) is 0.154. The van der Waals surface area contributed by atoms with Gasteiger partial charge in [0.05, 0.1) is 11.9 Å². The van der Waals surface area contributed by atoms with Crippen molar-refractivity contribution in [2.75, 3.05) is 0 Å². The summed E-state index contributed by atoms with van der Waals surface area (Å²) in [6.07, 6.45) is -3.64. The first-order valence-corrected chi connectivity index (χ1v) is 6.47. The fourth-order valence-corrected chi connectivity index (χ4v) is 1.88. The average molecular weight is 332 g/mol. The van der Waals surface area contributed by atoms with Gasteiger partial charge in [0.2, 0.25) is 0 Å². The van der Waals surface area contributed by atoms with Crippen LogP contribution in [-0.2, 0) is 5.33 Å². The minimum atomic E-state index is -4.69. The minimum absolute atomic E-state index is 0.326. The largest absolute Gasteiger partial charge is 0.573 e. The second-order valence-electron chi connectivity index (χ2n) is 3.76. The van der Waals surface area contributed by atoms with Gasteiger partial charge in [-0.1, -0.05) is 40.2 Å². The smallest absolute Gasteiger partial charge is 0.404 e. The Balaban J connectivity index is 2.17. The van der Waals surface area contributed by atoms with Gasteiger partial charge in [0.1, 0.15) is 5.75 Å². The predicted octanol–water partition coefficient (Wildman–Crippen LogP) is 4.54. The van der Waals surface area contributed by atoms with Crippen molar-refractivity contribution in [3.8, 4) is 17.0 Å². The molecule has 2 nitrogen and oxygen atoms in total. The molecule has 19 heavy (non-hydrogen) atoms. The van der Waals surface area contributed by atoms with Crippen molar-refractivity contribution < 1.29 is 17.9 Å². The number of halogens is 4. The molecule has 1 aromatic carbocycles. The van der Waals surface area contributed by atoms with Crippen molar-refractivity contribution in [1.82, 2.24) is 4.98 Å². The second kappa shape index (κ2) is 5.61. The summed E-state index contributed by atoms with van der Waals surface area (Å²) in [5, 5.41) is 0.749. The Morgan fingerprint density at radius 2 is 1.74 bits per heavy atom. The molecule has 1 heterocycles. The Labute approximate surface area is 116 Å². The molecule has 0 unspecified atom stereocenters. The highest BCUT2D eigenvalue weighted by molar-refractivity contribution is 9.08. The van der Waals surface area contributed by atoms with Crippen LogP contribution in [0.1, 0.15) is 5.56 Å². The topological polar surface area (TPSA) is 22.1 Å². The number of hydrogen-bond acceptors (Lipinski definition) is 2. The Morgan fingerprint density at radius 3 is 2.21 bits per heavy atom. The van der Waals surface area contributed by atoms with Gasteiger partial charge in [-0.3, -0.25) is 4.98 Å². The van der Waals surface area contributed by atoms with Crippen LogP contribution in [0.2, 0.25) is 0 Å². The Hall–Kier alpha value is -1.56. The van der Waals surface area contributed by atoms with Crippen molar-refractivity contribution >= 4 is 15.9 Å². The molecule has 100 valence electrons. The van der Waals surface area contributed by atoms with E-state index >= 15 is 0 Å². The first-order valence-electron chi connectivity index (χ1n) is 5.35. The Kier molecular flexibility index (Phi) is 4.09. The van der Waals surface area contributed by atoms with Crippen molar-refractivity contribution in [3.63, 3.8) is 0 Å². The highest BCUT2D eigenvalue weighted by Gasteiger charge is 2.31. The summed E-state index contributed by atoms with van der Waals surface area (Å²) in [6.45, 7) is 0. The van der Waals surface area contributed by atoms with Crippen molar-refractivity contribution in [3.05, 3.63) is 48.2 Å². The quantitative estimate of drug-likeness (QED) is 0.770. The van der Waals surface area contributed by atoms with E-state index in [0.717, 1.165) is 22.7 Å². The fourth-order valence-electron chi connectivity index (χ4n) is 1.51. The summed E-state index contributed by atoms with van der Waals surface area (Å²) in [7, 11) is 0. The zero-order chi connectivity index (χ0) is 13.9. The van der Waals surface area contributed by atoms with Crippen LogP contribution in [0.25, 0.3) is 11.3 Å². The summed E-state index contributed by atoms with van der Waals surface area (Å²) in [4.78, 5) is 3.95. The number of alkyl halides is 4. The number of rotatable bonds is 3.